The quantitative estimate of drug-likeness (QED) is 0.915. The number of fused-ring (bicyclic) bond motifs is 1. The van der Waals surface area contributed by atoms with E-state index in [1.54, 1.807) is 4.31 Å². The molecular formula is C14H20N2O2S. The molecule has 0 radical (unpaired) electrons. The topological polar surface area (TPSA) is 49.4 Å². The molecule has 4 nitrogen and oxygen atoms in total. The lowest BCUT2D eigenvalue weighted by Gasteiger charge is -2.22. The van der Waals surface area contributed by atoms with Gasteiger partial charge in [-0.3, -0.25) is 0 Å². The number of aryl methyl sites for hydroxylation is 1. The van der Waals surface area contributed by atoms with Crippen LogP contribution in [0, 0.1) is 0 Å². The molecule has 1 aromatic rings. The summed E-state index contributed by atoms with van der Waals surface area (Å²) in [7, 11) is -2.97. The number of sulfonamides is 1. The first kappa shape index (κ1) is 12.9. The lowest BCUT2D eigenvalue weighted by molar-refractivity contribution is 0.447. The molecule has 0 saturated carbocycles. The van der Waals surface area contributed by atoms with Crippen LogP contribution in [0.3, 0.4) is 0 Å². The molecule has 5 heteroatoms. The van der Waals surface area contributed by atoms with Gasteiger partial charge in [0.25, 0.3) is 0 Å². The molecule has 0 aliphatic carbocycles. The molecule has 3 rings (SSSR count). The van der Waals surface area contributed by atoms with Gasteiger partial charge < -0.3 is 5.32 Å². The summed E-state index contributed by atoms with van der Waals surface area (Å²) in [5, 5.41) is 3.46. The van der Waals surface area contributed by atoms with Crippen molar-refractivity contribution in [1.29, 1.82) is 0 Å². The van der Waals surface area contributed by atoms with Gasteiger partial charge in [-0.1, -0.05) is 18.2 Å². The highest BCUT2D eigenvalue weighted by Crippen LogP contribution is 2.27. The van der Waals surface area contributed by atoms with Crippen LogP contribution >= 0.6 is 0 Å². The van der Waals surface area contributed by atoms with E-state index in [0.29, 0.717) is 18.8 Å². The third-order valence-corrected chi connectivity index (χ3v) is 5.95. The van der Waals surface area contributed by atoms with E-state index < -0.39 is 10.0 Å². The maximum atomic E-state index is 11.8. The Bertz CT molecular complexity index is 569. The first-order valence-corrected chi connectivity index (χ1v) is 8.60. The highest BCUT2D eigenvalue weighted by Gasteiger charge is 2.27. The Morgan fingerprint density at radius 1 is 1.26 bits per heavy atom. The molecule has 1 fully saturated rings. The maximum absolute atomic E-state index is 11.8. The van der Waals surface area contributed by atoms with Crippen molar-refractivity contribution in [3.05, 3.63) is 29.3 Å². The van der Waals surface area contributed by atoms with Crippen LogP contribution in [0.5, 0.6) is 0 Å². The Kier molecular flexibility index (Phi) is 3.50. The summed E-state index contributed by atoms with van der Waals surface area (Å²) in [5.41, 5.74) is 3.86. The Balaban J connectivity index is 1.74. The van der Waals surface area contributed by atoms with Crippen molar-refractivity contribution in [3.63, 3.8) is 0 Å². The summed E-state index contributed by atoms with van der Waals surface area (Å²) in [4.78, 5) is 0. The number of benzene rings is 1. The fraction of sp³-hybridized carbons (Fsp3) is 0.571. The maximum Gasteiger partial charge on any atom is 0.214 e. The fourth-order valence-corrected chi connectivity index (χ4v) is 4.51. The Hall–Kier alpha value is -1.07. The average molecular weight is 280 g/mol. The fourth-order valence-electron chi connectivity index (χ4n) is 2.98. The molecule has 2 aliphatic rings. The van der Waals surface area contributed by atoms with Crippen LogP contribution in [-0.2, 0) is 22.9 Å². The van der Waals surface area contributed by atoms with E-state index in [9.17, 15) is 8.42 Å². The molecule has 0 spiro atoms. The molecule has 0 aromatic heterocycles. The van der Waals surface area contributed by atoms with Crippen molar-refractivity contribution >= 4 is 15.7 Å². The number of hydrogen-bond donors (Lipinski definition) is 1. The van der Waals surface area contributed by atoms with Gasteiger partial charge in [-0.15, -0.1) is 0 Å². The second kappa shape index (κ2) is 5.13. The average Bonchev–Trinajstić information content (AvgIpc) is 2.75. The van der Waals surface area contributed by atoms with Crippen LogP contribution in [0.1, 0.15) is 24.0 Å². The van der Waals surface area contributed by atoms with E-state index in [1.807, 2.05) is 0 Å². The molecule has 0 bridgehead atoms. The van der Waals surface area contributed by atoms with E-state index in [4.69, 9.17) is 0 Å². The van der Waals surface area contributed by atoms with Gasteiger partial charge in [0.15, 0.2) is 0 Å². The minimum absolute atomic E-state index is 0.318. The van der Waals surface area contributed by atoms with E-state index in [1.165, 1.54) is 23.2 Å². The van der Waals surface area contributed by atoms with Crippen LogP contribution in [-0.4, -0.2) is 38.1 Å². The van der Waals surface area contributed by atoms with E-state index in [0.717, 1.165) is 25.8 Å². The lowest BCUT2D eigenvalue weighted by atomic mass is 9.98. The summed E-state index contributed by atoms with van der Waals surface area (Å²) in [6.45, 7) is 2.32. The second-order valence-electron chi connectivity index (χ2n) is 5.30. The van der Waals surface area contributed by atoms with Crippen LogP contribution in [0.15, 0.2) is 18.2 Å². The molecule has 104 valence electrons. The SMILES string of the molecule is O=S1(=O)CCCN1CCc1cccc2c1NCCC2. The second-order valence-corrected chi connectivity index (χ2v) is 7.39. The Morgan fingerprint density at radius 3 is 2.95 bits per heavy atom. The van der Waals surface area contributed by atoms with Gasteiger partial charge >= 0.3 is 0 Å². The molecule has 0 atom stereocenters. The minimum Gasteiger partial charge on any atom is -0.385 e. The van der Waals surface area contributed by atoms with Gasteiger partial charge in [0.05, 0.1) is 5.75 Å². The number of rotatable bonds is 3. The zero-order valence-corrected chi connectivity index (χ0v) is 11.9. The van der Waals surface area contributed by atoms with Gasteiger partial charge in [0.2, 0.25) is 10.0 Å². The highest BCUT2D eigenvalue weighted by atomic mass is 32.2. The minimum atomic E-state index is -2.97. The van der Waals surface area contributed by atoms with Crippen LogP contribution in [0.2, 0.25) is 0 Å². The molecule has 0 amide bonds. The molecule has 2 aliphatic heterocycles. The molecule has 0 unspecified atom stereocenters. The Morgan fingerprint density at radius 2 is 2.16 bits per heavy atom. The molecule has 1 aromatic carbocycles. The number of nitrogens with zero attached hydrogens (tertiary/aromatic N) is 1. The molecule has 2 heterocycles. The number of para-hydroxylation sites is 1. The van der Waals surface area contributed by atoms with Crippen LogP contribution < -0.4 is 5.32 Å². The first-order valence-electron chi connectivity index (χ1n) is 6.99. The van der Waals surface area contributed by atoms with Crippen molar-refractivity contribution in [2.45, 2.75) is 25.7 Å². The van der Waals surface area contributed by atoms with Crippen molar-refractivity contribution in [3.8, 4) is 0 Å². The largest absolute Gasteiger partial charge is 0.385 e. The number of hydrogen-bond acceptors (Lipinski definition) is 3. The monoisotopic (exact) mass is 280 g/mol. The summed E-state index contributed by atoms with van der Waals surface area (Å²) >= 11 is 0. The van der Waals surface area contributed by atoms with Crippen molar-refractivity contribution in [2.24, 2.45) is 0 Å². The highest BCUT2D eigenvalue weighted by molar-refractivity contribution is 7.89. The zero-order chi connectivity index (χ0) is 13.3. The smallest absolute Gasteiger partial charge is 0.214 e. The lowest BCUT2D eigenvalue weighted by Crippen LogP contribution is -2.28. The van der Waals surface area contributed by atoms with Crippen molar-refractivity contribution < 1.29 is 8.42 Å². The predicted molar refractivity (Wildman–Crippen MR) is 76.9 cm³/mol. The van der Waals surface area contributed by atoms with Crippen LogP contribution in [0.4, 0.5) is 5.69 Å². The summed E-state index contributed by atoms with van der Waals surface area (Å²) in [6, 6.07) is 6.36. The number of anilines is 1. The Labute approximate surface area is 114 Å². The van der Waals surface area contributed by atoms with Crippen molar-refractivity contribution in [2.75, 3.05) is 30.7 Å². The van der Waals surface area contributed by atoms with Gasteiger partial charge in [-0.2, -0.15) is 0 Å². The summed E-state index contributed by atoms with van der Waals surface area (Å²) in [5.74, 6) is 0.318. The van der Waals surface area contributed by atoms with Gasteiger partial charge in [0, 0.05) is 25.3 Å². The van der Waals surface area contributed by atoms with E-state index in [-0.39, 0.29) is 0 Å². The van der Waals surface area contributed by atoms with Crippen molar-refractivity contribution in [1.82, 2.24) is 4.31 Å². The van der Waals surface area contributed by atoms with Gasteiger partial charge in [-0.25, -0.2) is 12.7 Å². The zero-order valence-electron chi connectivity index (χ0n) is 11.1. The van der Waals surface area contributed by atoms with E-state index >= 15 is 0 Å². The third kappa shape index (κ3) is 2.62. The first-order chi connectivity index (χ1) is 9.17. The predicted octanol–water partition coefficient (Wildman–Crippen LogP) is 1.62. The standard InChI is InChI=1S/C14H20N2O2S/c17-19(18)11-3-9-16(19)10-7-13-5-1-4-12-6-2-8-15-14(12)13/h1,4-5,15H,2-3,6-11H2. The normalized spacial score (nSPS) is 21.9. The summed E-state index contributed by atoms with van der Waals surface area (Å²) in [6.07, 6.45) is 3.87. The molecular weight excluding hydrogens is 260 g/mol. The van der Waals surface area contributed by atoms with E-state index in [2.05, 4.69) is 23.5 Å². The summed E-state index contributed by atoms with van der Waals surface area (Å²) < 4.78 is 25.2. The third-order valence-electron chi connectivity index (χ3n) is 4.00. The van der Waals surface area contributed by atoms with Crippen LogP contribution in [0.25, 0.3) is 0 Å². The van der Waals surface area contributed by atoms with Gasteiger partial charge in [0.1, 0.15) is 0 Å². The molecule has 1 saturated heterocycles. The number of nitrogens with one attached hydrogen (secondary N) is 1. The van der Waals surface area contributed by atoms with Gasteiger partial charge in [-0.05, 0) is 36.8 Å². The molecule has 1 N–H and O–H groups in total. The molecule has 19 heavy (non-hydrogen) atoms.